The molecule has 2 rings (SSSR count). The quantitative estimate of drug-likeness (QED) is 0.414. The maximum absolute atomic E-state index is 12.6. The Bertz CT molecular complexity index is 787. The van der Waals surface area contributed by atoms with Gasteiger partial charge < -0.3 is 14.2 Å². The number of nitro benzene ring substituents is 1. The van der Waals surface area contributed by atoms with Gasteiger partial charge in [0.2, 0.25) is 5.75 Å². The Hall–Kier alpha value is -3.09. The number of carbonyl (C=O) groups is 1. The van der Waals surface area contributed by atoms with Crippen molar-refractivity contribution in [3.8, 4) is 17.2 Å². The standard InChI is InChI=1S/C18H19NO6/c1-23-16-10-8-14(17(24-2)18(16)25-3)15(20)9-7-12-5-4-6-13(11-12)19(21)22/h4-6,8,10-11H,7,9H2,1-3H3. The second kappa shape index (κ2) is 8.14. The van der Waals surface area contributed by atoms with Crippen LogP contribution in [0, 0.1) is 10.1 Å². The van der Waals surface area contributed by atoms with E-state index in [4.69, 9.17) is 14.2 Å². The molecule has 0 spiro atoms. The topological polar surface area (TPSA) is 87.9 Å². The minimum Gasteiger partial charge on any atom is -0.493 e. The van der Waals surface area contributed by atoms with E-state index >= 15 is 0 Å². The first-order chi connectivity index (χ1) is 12.0. The minimum absolute atomic E-state index is 0.00801. The van der Waals surface area contributed by atoms with Gasteiger partial charge in [0.15, 0.2) is 17.3 Å². The summed E-state index contributed by atoms with van der Waals surface area (Å²) >= 11 is 0. The van der Waals surface area contributed by atoms with Gasteiger partial charge in [-0.2, -0.15) is 0 Å². The third-order valence-electron chi connectivity index (χ3n) is 3.77. The number of hydrogen-bond donors (Lipinski definition) is 0. The SMILES string of the molecule is COc1ccc(C(=O)CCc2cccc([N+](=O)[O-])c2)c(OC)c1OC. The van der Waals surface area contributed by atoms with Gasteiger partial charge in [-0.3, -0.25) is 14.9 Å². The minimum atomic E-state index is -0.456. The Labute approximate surface area is 145 Å². The lowest BCUT2D eigenvalue weighted by molar-refractivity contribution is -0.384. The van der Waals surface area contributed by atoms with Gasteiger partial charge >= 0.3 is 0 Å². The number of Topliss-reactive ketones (excluding diaryl/α,β-unsaturated/α-hetero) is 1. The van der Waals surface area contributed by atoms with Crippen LogP contribution in [-0.2, 0) is 6.42 Å². The van der Waals surface area contributed by atoms with Crippen molar-refractivity contribution in [1.82, 2.24) is 0 Å². The van der Waals surface area contributed by atoms with E-state index in [1.165, 1.54) is 33.5 Å². The lowest BCUT2D eigenvalue weighted by atomic mass is 10.0. The van der Waals surface area contributed by atoms with Crippen LogP contribution in [0.4, 0.5) is 5.69 Å². The maximum atomic E-state index is 12.6. The maximum Gasteiger partial charge on any atom is 0.269 e. The number of nitrogens with zero attached hydrogens (tertiary/aromatic N) is 1. The van der Waals surface area contributed by atoms with Gasteiger partial charge in [0.05, 0.1) is 31.8 Å². The van der Waals surface area contributed by atoms with Crippen LogP contribution >= 0.6 is 0 Å². The molecule has 0 atom stereocenters. The molecule has 7 nitrogen and oxygen atoms in total. The van der Waals surface area contributed by atoms with E-state index in [1.807, 2.05) is 0 Å². The fourth-order valence-corrected chi connectivity index (χ4v) is 2.54. The Balaban J connectivity index is 2.21. The fraction of sp³-hybridized carbons (Fsp3) is 0.278. The van der Waals surface area contributed by atoms with Gasteiger partial charge in [-0.25, -0.2) is 0 Å². The molecule has 7 heteroatoms. The molecule has 2 aromatic carbocycles. The Morgan fingerprint density at radius 2 is 1.76 bits per heavy atom. The van der Waals surface area contributed by atoms with Crippen molar-refractivity contribution in [2.24, 2.45) is 0 Å². The number of non-ortho nitro benzene ring substituents is 1. The number of ketones is 1. The first-order valence-corrected chi connectivity index (χ1v) is 7.57. The highest BCUT2D eigenvalue weighted by Gasteiger charge is 2.20. The van der Waals surface area contributed by atoms with E-state index in [2.05, 4.69) is 0 Å². The molecule has 0 unspecified atom stereocenters. The van der Waals surface area contributed by atoms with Crippen LogP contribution in [-0.4, -0.2) is 32.0 Å². The summed E-state index contributed by atoms with van der Waals surface area (Å²) in [6.45, 7) is 0. The summed E-state index contributed by atoms with van der Waals surface area (Å²) in [6, 6.07) is 9.51. The van der Waals surface area contributed by atoms with Crippen LogP contribution in [0.25, 0.3) is 0 Å². The van der Waals surface area contributed by atoms with Crippen LogP contribution in [0.5, 0.6) is 17.2 Å². The van der Waals surface area contributed by atoms with Crippen LogP contribution in [0.15, 0.2) is 36.4 Å². The van der Waals surface area contributed by atoms with Crippen LogP contribution < -0.4 is 14.2 Å². The highest BCUT2D eigenvalue weighted by Crippen LogP contribution is 2.40. The van der Waals surface area contributed by atoms with E-state index < -0.39 is 4.92 Å². The third-order valence-corrected chi connectivity index (χ3v) is 3.77. The smallest absolute Gasteiger partial charge is 0.269 e. The molecule has 0 saturated carbocycles. The molecule has 0 amide bonds. The van der Waals surface area contributed by atoms with Crippen molar-refractivity contribution < 1.29 is 23.9 Å². The second-order valence-electron chi connectivity index (χ2n) is 5.23. The number of carbonyl (C=O) groups excluding carboxylic acids is 1. The van der Waals surface area contributed by atoms with E-state index in [0.29, 0.717) is 29.2 Å². The molecular weight excluding hydrogens is 326 g/mol. The zero-order valence-corrected chi connectivity index (χ0v) is 14.3. The van der Waals surface area contributed by atoms with Gasteiger partial charge in [-0.05, 0) is 24.1 Å². The molecule has 25 heavy (non-hydrogen) atoms. The number of hydrogen-bond acceptors (Lipinski definition) is 6. The normalized spacial score (nSPS) is 10.2. The number of ether oxygens (including phenoxy) is 3. The van der Waals surface area contributed by atoms with Crippen molar-refractivity contribution in [3.05, 3.63) is 57.6 Å². The predicted molar refractivity (Wildman–Crippen MR) is 91.8 cm³/mol. The van der Waals surface area contributed by atoms with E-state index in [1.54, 1.807) is 24.3 Å². The molecule has 0 radical (unpaired) electrons. The Morgan fingerprint density at radius 3 is 2.36 bits per heavy atom. The molecule has 0 aliphatic rings. The number of aryl methyl sites for hydroxylation is 1. The summed E-state index contributed by atoms with van der Waals surface area (Å²) in [5, 5.41) is 10.8. The predicted octanol–water partition coefficient (Wildman–Crippen LogP) is 3.44. The molecule has 0 heterocycles. The molecular formula is C18H19NO6. The van der Waals surface area contributed by atoms with Gasteiger partial charge in [-0.15, -0.1) is 0 Å². The zero-order chi connectivity index (χ0) is 18.4. The summed E-state index contributed by atoms with van der Waals surface area (Å²) in [5.74, 6) is 0.982. The summed E-state index contributed by atoms with van der Waals surface area (Å²) < 4.78 is 15.8. The number of rotatable bonds is 8. The van der Waals surface area contributed by atoms with Crippen LogP contribution in [0.2, 0.25) is 0 Å². The van der Waals surface area contributed by atoms with E-state index in [9.17, 15) is 14.9 Å². The highest BCUT2D eigenvalue weighted by molar-refractivity contribution is 6.00. The van der Waals surface area contributed by atoms with Gasteiger partial charge in [0.25, 0.3) is 5.69 Å². The molecule has 0 N–H and O–H groups in total. The number of benzene rings is 2. The van der Waals surface area contributed by atoms with Crippen molar-refractivity contribution in [3.63, 3.8) is 0 Å². The van der Waals surface area contributed by atoms with Crippen LogP contribution in [0.3, 0.4) is 0 Å². The largest absolute Gasteiger partial charge is 0.493 e. The Kier molecular flexibility index (Phi) is 5.94. The van der Waals surface area contributed by atoms with Crippen molar-refractivity contribution >= 4 is 11.5 Å². The Morgan fingerprint density at radius 1 is 1.04 bits per heavy atom. The summed E-state index contributed by atoms with van der Waals surface area (Å²) in [6.07, 6.45) is 0.574. The molecule has 0 bridgehead atoms. The molecule has 132 valence electrons. The average molecular weight is 345 g/mol. The summed E-state index contributed by atoms with van der Waals surface area (Å²) in [5.41, 5.74) is 1.11. The second-order valence-corrected chi connectivity index (χ2v) is 5.23. The average Bonchev–Trinajstić information content (AvgIpc) is 2.64. The molecule has 0 aromatic heterocycles. The van der Waals surface area contributed by atoms with E-state index in [0.717, 1.165) is 5.56 Å². The van der Waals surface area contributed by atoms with Gasteiger partial charge in [-0.1, -0.05) is 12.1 Å². The van der Waals surface area contributed by atoms with Crippen LogP contribution in [0.1, 0.15) is 22.3 Å². The van der Waals surface area contributed by atoms with Crippen molar-refractivity contribution in [2.75, 3.05) is 21.3 Å². The molecule has 0 aliphatic heterocycles. The fourth-order valence-electron chi connectivity index (χ4n) is 2.54. The lowest BCUT2D eigenvalue weighted by Crippen LogP contribution is -2.06. The summed E-state index contributed by atoms with van der Waals surface area (Å²) in [4.78, 5) is 22.9. The van der Waals surface area contributed by atoms with Crippen molar-refractivity contribution in [2.45, 2.75) is 12.8 Å². The number of nitro groups is 1. The molecule has 0 aliphatic carbocycles. The number of methoxy groups -OCH3 is 3. The lowest BCUT2D eigenvalue weighted by Gasteiger charge is -2.15. The highest BCUT2D eigenvalue weighted by atomic mass is 16.6. The van der Waals surface area contributed by atoms with Crippen molar-refractivity contribution in [1.29, 1.82) is 0 Å². The van der Waals surface area contributed by atoms with E-state index in [-0.39, 0.29) is 17.9 Å². The first-order valence-electron chi connectivity index (χ1n) is 7.57. The van der Waals surface area contributed by atoms with Gasteiger partial charge in [0.1, 0.15) is 0 Å². The van der Waals surface area contributed by atoms with Gasteiger partial charge in [0, 0.05) is 18.6 Å². The third kappa shape index (κ3) is 4.06. The molecule has 0 saturated heterocycles. The molecule has 0 fully saturated rings. The monoisotopic (exact) mass is 345 g/mol. The molecule has 2 aromatic rings. The zero-order valence-electron chi connectivity index (χ0n) is 14.3. The summed E-state index contributed by atoms with van der Waals surface area (Å²) in [7, 11) is 4.42. The first kappa shape index (κ1) is 18.3.